The van der Waals surface area contributed by atoms with Crippen molar-refractivity contribution >= 4 is 17.6 Å². The Morgan fingerprint density at radius 3 is 2.63 bits per heavy atom. The van der Waals surface area contributed by atoms with Crippen LogP contribution < -0.4 is 10.5 Å². The van der Waals surface area contributed by atoms with E-state index in [1.165, 1.54) is 24.9 Å². The predicted molar refractivity (Wildman–Crippen MR) is 66.6 cm³/mol. The molecule has 7 nitrogen and oxygen atoms in total. The summed E-state index contributed by atoms with van der Waals surface area (Å²) in [6, 6.07) is 1.39. The highest BCUT2D eigenvalue weighted by molar-refractivity contribution is 5.94. The zero-order valence-electron chi connectivity index (χ0n) is 10.9. The van der Waals surface area contributed by atoms with E-state index in [-0.39, 0.29) is 24.6 Å². The molecule has 0 unspecified atom stereocenters. The molecular formula is C12H15NO6. The Bertz CT molecular complexity index is 548. The molecule has 7 heteroatoms. The minimum atomic E-state index is -1.40. The summed E-state index contributed by atoms with van der Waals surface area (Å²) in [6.07, 6.45) is 0. The molecule has 1 aromatic rings. The van der Waals surface area contributed by atoms with Crippen LogP contribution >= 0.6 is 0 Å². The summed E-state index contributed by atoms with van der Waals surface area (Å²) in [4.78, 5) is 35.3. The van der Waals surface area contributed by atoms with E-state index in [1.807, 2.05) is 0 Å². The number of likely N-dealkylation sites (N-methyl/N-ethyl adjacent to an activating group) is 1. The lowest BCUT2D eigenvalue weighted by molar-refractivity contribution is -0.141. The predicted octanol–water partition coefficient (Wildman–Crippen LogP) is 0.646. The third-order valence-corrected chi connectivity index (χ3v) is 2.35. The first-order valence-corrected chi connectivity index (χ1v) is 5.61. The second-order valence-electron chi connectivity index (χ2n) is 3.87. The largest absolute Gasteiger partial charge is 0.477 e. The van der Waals surface area contributed by atoms with Crippen molar-refractivity contribution in [2.75, 3.05) is 25.1 Å². The molecule has 0 atom stereocenters. The SMILES string of the molecule is CCOC(=O)CN(C)c1cc(C)oc(=O)c1C(=O)O. The van der Waals surface area contributed by atoms with Gasteiger partial charge in [-0.3, -0.25) is 4.79 Å². The number of carboxylic acid groups (broad SMARTS) is 1. The molecule has 1 N–H and O–H groups in total. The van der Waals surface area contributed by atoms with Gasteiger partial charge in [-0.25, -0.2) is 9.59 Å². The molecule has 0 saturated heterocycles. The van der Waals surface area contributed by atoms with Crippen LogP contribution in [0.3, 0.4) is 0 Å². The van der Waals surface area contributed by atoms with Gasteiger partial charge in [0.15, 0.2) is 5.56 Å². The van der Waals surface area contributed by atoms with Gasteiger partial charge in [0.2, 0.25) is 0 Å². The quantitative estimate of drug-likeness (QED) is 0.783. The molecule has 19 heavy (non-hydrogen) atoms. The molecule has 0 aromatic carbocycles. The average Bonchev–Trinajstić information content (AvgIpc) is 2.27. The van der Waals surface area contributed by atoms with E-state index in [1.54, 1.807) is 6.92 Å². The van der Waals surface area contributed by atoms with Gasteiger partial charge in [-0.15, -0.1) is 0 Å². The lowest BCUT2D eigenvalue weighted by Crippen LogP contribution is -2.30. The Kier molecular flexibility index (Phi) is 4.68. The fraction of sp³-hybridized carbons (Fsp3) is 0.417. The standard InChI is InChI=1S/C12H15NO6/c1-4-18-9(14)6-13(3)8-5-7(2)19-12(17)10(8)11(15)16/h5H,4,6H2,1-3H3,(H,15,16). The number of nitrogens with zero attached hydrogens (tertiary/aromatic N) is 1. The highest BCUT2D eigenvalue weighted by Crippen LogP contribution is 2.18. The van der Waals surface area contributed by atoms with E-state index < -0.39 is 23.1 Å². The van der Waals surface area contributed by atoms with Gasteiger partial charge in [0.1, 0.15) is 12.3 Å². The van der Waals surface area contributed by atoms with Crippen LogP contribution in [0, 0.1) is 6.92 Å². The zero-order valence-corrected chi connectivity index (χ0v) is 10.9. The van der Waals surface area contributed by atoms with Gasteiger partial charge in [-0.1, -0.05) is 0 Å². The van der Waals surface area contributed by atoms with E-state index in [0.717, 1.165) is 0 Å². The van der Waals surface area contributed by atoms with Gasteiger partial charge in [0.25, 0.3) is 0 Å². The summed E-state index contributed by atoms with van der Waals surface area (Å²) in [5.41, 5.74) is -1.33. The molecule has 1 aromatic heterocycles. The highest BCUT2D eigenvalue weighted by Gasteiger charge is 2.21. The van der Waals surface area contributed by atoms with Gasteiger partial charge >= 0.3 is 17.6 Å². The number of hydrogen-bond donors (Lipinski definition) is 1. The monoisotopic (exact) mass is 269 g/mol. The molecular weight excluding hydrogens is 254 g/mol. The van der Waals surface area contributed by atoms with Crippen molar-refractivity contribution in [2.45, 2.75) is 13.8 Å². The molecule has 0 aliphatic heterocycles. The van der Waals surface area contributed by atoms with E-state index in [2.05, 4.69) is 0 Å². The Morgan fingerprint density at radius 1 is 1.47 bits per heavy atom. The summed E-state index contributed by atoms with van der Waals surface area (Å²) in [5, 5.41) is 9.02. The number of carbonyl (C=O) groups excluding carboxylic acids is 1. The average molecular weight is 269 g/mol. The van der Waals surface area contributed by atoms with Crippen LogP contribution in [0.4, 0.5) is 5.69 Å². The summed E-state index contributed by atoms with van der Waals surface area (Å²) < 4.78 is 9.50. The molecule has 0 aliphatic carbocycles. The maximum atomic E-state index is 11.5. The zero-order chi connectivity index (χ0) is 14.6. The van der Waals surface area contributed by atoms with Gasteiger partial charge in [-0.2, -0.15) is 0 Å². The Balaban J connectivity index is 3.14. The van der Waals surface area contributed by atoms with E-state index in [9.17, 15) is 14.4 Å². The second-order valence-corrected chi connectivity index (χ2v) is 3.87. The van der Waals surface area contributed by atoms with Crippen molar-refractivity contribution in [3.8, 4) is 0 Å². The van der Waals surface area contributed by atoms with Gasteiger partial charge < -0.3 is 19.2 Å². The number of carbonyl (C=O) groups is 2. The fourth-order valence-corrected chi connectivity index (χ4v) is 1.58. The lowest BCUT2D eigenvalue weighted by atomic mass is 10.2. The van der Waals surface area contributed by atoms with Crippen molar-refractivity contribution in [2.24, 2.45) is 0 Å². The Hall–Kier alpha value is -2.31. The van der Waals surface area contributed by atoms with Gasteiger partial charge in [-0.05, 0) is 13.8 Å². The van der Waals surface area contributed by atoms with Crippen LogP contribution in [-0.2, 0) is 9.53 Å². The molecule has 0 aliphatic rings. The van der Waals surface area contributed by atoms with Crippen LogP contribution in [0.15, 0.2) is 15.3 Å². The molecule has 1 heterocycles. The third kappa shape index (κ3) is 3.57. The maximum absolute atomic E-state index is 11.5. The number of aryl methyl sites for hydroxylation is 1. The topological polar surface area (TPSA) is 97.0 Å². The number of ether oxygens (including phenoxy) is 1. The Labute approximate surface area is 109 Å². The molecule has 0 fully saturated rings. The third-order valence-electron chi connectivity index (χ3n) is 2.35. The molecule has 0 saturated carbocycles. The number of carboxylic acids is 1. The Morgan fingerprint density at radius 2 is 2.11 bits per heavy atom. The van der Waals surface area contributed by atoms with Crippen LogP contribution in [0.1, 0.15) is 23.0 Å². The van der Waals surface area contributed by atoms with Crippen LogP contribution in [0.2, 0.25) is 0 Å². The fourth-order valence-electron chi connectivity index (χ4n) is 1.58. The van der Waals surface area contributed by atoms with E-state index in [0.29, 0.717) is 0 Å². The first kappa shape index (κ1) is 14.7. The lowest BCUT2D eigenvalue weighted by Gasteiger charge is -2.19. The minimum Gasteiger partial charge on any atom is -0.477 e. The molecule has 0 bridgehead atoms. The summed E-state index contributed by atoms with van der Waals surface area (Å²) >= 11 is 0. The highest BCUT2D eigenvalue weighted by atomic mass is 16.5. The summed E-state index contributed by atoms with van der Waals surface area (Å²) in [7, 11) is 1.50. The van der Waals surface area contributed by atoms with E-state index in [4.69, 9.17) is 14.3 Å². The molecule has 0 spiro atoms. The second kappa shape index (κ2) is 6.03. The van der Waals surface area contributed by atoms with Crippen molar-refractivity contribution in [3.63, 3.8) is 0 Å². The van der Waals surface area contributed by atoms with Crippen molar-refractivity contribution in [3.05, 3.63) is 27.8 Å². The minimum absolute atomic E-state index is 0.120. The maximum Gasteiger partial charge on any atom is 0.352 e. The number of esters is 1. The summed E-state index contributed by atoms with van der Waals surface area (Å²) in [5.74, 6) is -1.65. The number of aromatic carboxylic acids is 1. The van der Waals surface area contributed by atoms with Crippen LogP contribution in [0.5, 0.6) is 0 Å². The van der Waals surface area contributed by atoms with Crippen molar-refractivity contribution in [1.82, 2.24) is 0 Å². The smallest absolute Gasteiger partial charge is 0.352 e. The van der Waals surface area contributed by atoms with Crippen LogP contribution in [0.25, 0.3) is 0 Å². The molecule has 0 amide bonds. The molecule has 0 radical (unpaired) electrons. The number of hydrogen-bond acceptors (Lipinski definition) is 6. The first-order chi connectivity index (χ1) is 8.86. The number of rotatable bonds is 5. The molecule has 1 rings (SSSR count). The van der Waals surface area contributed by atoms with Gasteiger partial charge in [0.05, 0.1) is 12.3 Å². The van der Waals surface area contributed by atoms with Gasteiger partial charge in [0, 0.05) is 13.1 Å². The normalized spacial score (nSPS) is 10.1. The number of anilines is 1. The van der Waals surface area contributed by atoms with Crippen molar-refractivity contribution in [1.29, 1.82) is 0 Å². The summed E-state index contributed by atoms with van der Waals surface area (Å²) in [6.45, 7) is 3.27. The molecule has 104 valence electrons. The van der Waals surface area contributed by atoms with Crippen molar-refractivity contribution < 1.29 is 23.8 Å². The van der Waals surface area contributed by atoms with E-state index >= 15 is 0 Å². The first-order valence-electron chi connectivity index (χ1n) is 5.61. The van der Waals surface area contributed by atoms with Crippen LogP contribution in [-0.4, -0.2) is 37.2 Å².